The van der Waals surface area contributed by atoms with Crippen molar-refractivity contribution >= 4 is 5.97 Å². The van der Waals surface area contributed by atoms with Crippen molar-refractivity contribution in [3.63, 3.8) is 0 Å². The van der Waals surface area contributed by atoms with Gasteiger partial charge in [0.1, 0.15) is 6.54 Å². The number of quaternary nitrogens is 1. The van der Waals surface area contributed by atoms with Crippen LogP contribution in [0.25, 0.3) is 0 Å². The maximum absolute atomic E-state index is 13.6. The van der Waals surface area contributed by atoms with Gasteiger partial charge in [-0.2, -0.15) is 0 Å². The molecular weight excluding hydrogens is 412 g/mol. The van der Waals surface area contributed by atoms with Crippen LogP contribution in [-0.2, 0) is 21.6 Å². The maximum atomic E-state index is 13.6. The molecule has 33 heavy (non-hydrogen) atoms. The largest absolute Gasteiger partial charge is 0.454 e. The number of likely N-dealkylation sites (tertiary alicyclic amines) is 1. The summed E-state index contributed by atoms with van der Waals surface area (Å²) in [6.45, 7) is 2.95. The standard InChI is InChI=1S/C28H39N2O3/c1-30(20-10-17-25-16-8-9-19-29-25)21-11-18-26(22-30)33-27(31)28(32,23-12-4-2-5-13-23)24-14-6-3-7-15-24/h2,4-5,8-9,12-13,16,19,24,26,32H,3,6-7,10-11,14-15,17-18,20-22H2,1H3/q+1/t26?,28-,30?/m0/s1. The molecule has 1 aromatic carbocycles. The van der Waals surface area contributed by atoms with Gasteiger partial charge in [-0.1, -0.05) is 55.7 Å². The number of pyridine rings is 1. The van der Waals surface area contributed by atoms with Gasteiger partial charge in [-0.25, -0.2) is 4.79 Å². The zero-order valence-electron chi connectivity index (χ0n) is 20.0. The summed E-state index contributed by atoms with van der Waals surface area (Å²) in [4.78, 5) is 18.0. The first-order valence-electron chi connectivity index (χ1n) is 12.7. The van der Waals surface area contributed by atoms with Crippen molar-refractivity contribution in [2.24, 2.45) is 5.92 Å². The van der Waals surface area contributed by atoms with Crippen LogP contribution < -0.4 is 0 Å². The first-order chi connectivity index (χ1) is 16.0. The molecule has 4 rings (SSSR count). The lowest BCUT2D eigenvalue weighted by Crippen LogP contribution is -2.55. The van der Waals surface area contributed by atoms with Gasteiger partial charge in [0.05, 0.1) is 20.1 Å². The summed E-state index contributed by atoms with van der Waals surface area (Å²) in [5.74, 6) is -0.531. The van der Waals surface area contributed by atoms with Gasteiger partial charge in [0.15, 0.2) is 11.7 Å². The van der Waals surface area contributed by atoms with Crippen LogP contribution in [0.15, 0.2) is 54.7 Å². The van der Waals surface area contributed by atoms with E-state index in [2.05, 4.69) is 18.1 Å². The smallest absolute Gasteiger partial charge is 0.343 e. The highest BCUT2D eigenvalue weighted by molar-refractivity contribution is 5.81. The average Bonchev–Trinajstić information content (AvgIpc) is 2.85. The van der Waals surface area contributed by atoms with E-state index in [1.165, 1.54) is 6.42 Å². The molecule has 5 nitrogen and oxygen atoms in total. The first kappa shape index (κ1) is 23.9. The Morgan fingerprint density at radius 2 is 1.82 bits per heavy atom. The highest BCUT2D eigenvalue weighted by atomic mass is 16.6. The molecule has 178 valence electrons. The molecule has 5 heteroatoms. The van der Waals surface area contributed by atoms with Gasteiger partial charge in [0.2, 0.25) is 0 Å². The number of hydrogen-bond donors (Lipinski definition) is 1. The van der Waals surface area contributed by atoms with Gasteiger partial charge >= 0.3 is 5.97 Å². The van der Waals surface area contributed by atoms with E-state index in [1.807, 2.05) is 48.7 Å². The molecule has 1 N–H and O–H groups in total. The minimum atomic E-state index is -1.55. The van der Waals surface area contributed by atoms with E-state index in [0.717, 1.165) is 81.2 Å². The van der Waals surface area contributed by atoms with Crippen LogP contribution >= 0.6 is 0 Å². The number of piperidine rings is 1. The fraction of sp³-hybridized carbons (Fsp3) is 0.571. The molecule has 3 atom stereocenters. The van der Waals surface area contributed by atoms with Crippen molar-refractivity contribution in [1.29, 1.82) is 0 Å². The molecule has 1 saturated heterocycles. The lowest BCUT2D eigenvalue weighted by Gasteiger charge is -2.42. The second kappa shape index (κ2) is 10.8. The number of carbonyl (C=O) groups excluding carboxylic acids is 1. The van der Waals surface area contributed by atoms with Gasteiger partial charge in [-0.05, 0) is 43.4 Å². The molecule has 1 aliphatic carbocycles. The zero-order valence-corrected chi connectivity index (χ0v) is 20.0. The SMILES string of the molecule is C[N+]1(CCCc2ccccn2)CCCC(OC(=O)[C@](O)(c2ccccc2)C2CCCCC2)C1. The van der Waals surface area contributed by atoms with Crippen LogP contribution in [-0.4, -0.2) is 53.3 Å². The minimum Gasteiger partial charge on any atom is -0.454 e. The van der Waals surface area contributed by atoms with Crippen LogP contribution in [0.1, 0.15) is 62.6 Å². The Hall–Kier alpha value is -2.24. The molecule has 2 heterocycles. The van der Waals surface area contributed by atoms with Crippen molar-refractivity contribution in [1.82, 2.24) is 4.98 Å². The van der Waals surface area contributed by atoms with Gasteiger partial charge in [0, 0.05) is 30.7 Å². The molecule has 1 aliphatic heterocycles. The maximum Gasteiger partial charge on any atom is 0.343 e. The van der Waals surface area contributed by atoms with Crippen LogP contribution in [0.3, 0.4) is 0 Å². The summed E-state index contributed by atoms with van der Waals surface area (Å²) < 4.78 is 7.01. The fourth-order valence-electron chi connectivity index (χ4n) is 5.84. The third-order valence-corrected chi connectivity index (χ3v) is 7.72. The van der Waals surface area contributed by atoms with E-state index in [-0.39, 0.29) is 12.0 Å². The molecule has 1 saturated carbocycles. The molecule has 2 unspecified atom stereocenters. The van der Waals surface area contributed by atoms with E-state index in [4.69, 9.17) is 4.74 Å². The molecule has 2 aliphatic rings. The number of ether oxygens (including phenoxy) is 1. The van der Waals surface area contributed by atoms with Gasteiger partial charge in [-0.15, -0.1) is 0 Å². The summed E-state index contributed by atoms with van der Waals surface area (Å²) in [6, 6.07) is 15.5. The number of rotatable bonds is 8. The number of benzene rings is 1. The Morgan fingerprint density at radius 1 is 1.06 bits per heavy atom. The number of esters is 1. The third-order valence-electron chi connectivity index (χ3n) is 7.72. The number of carbonyl (C=O) groups is 1. The summed E-state index contributed by atoms with van der Waals surface area (Å²) in [5, 5.41) is 11.8. The number of aromatic nitrogens is 1. The normalized spacial score (nSPS) is 25.8. The number of hydrogen-bond acceptors (Lipinski definition) is 4. The van der Waals surface area contributed by atoms with E-state index in [9.17, 15) is 9.90 Å². The molecule has 0 spiro atoms. The molecule has 0 radical (unpaired) electrons. The van der Waals surface area contributed by atoms with E-state index < -0.39 is 11.6 Å². The van der Waals surface area contributed by atoms with Gasteiger partial charge in [-0.3, -0.25) is 4.98 Å². The quantitative estimate of drug-likeness (QED) is 0.469. The molecule has 0 bridgehead atoms. The summed E-state index contributed by atoms with van der Waals surface area (Å²) in [7, 11) is 2.27. The van der Waals surface area contributed by atoms with Gasteiger partial charge in [0.25, 0.3) is 0 Å². The molecule has 1 aromatic heterocycles. The monoisotopic (exact) mass is 451 g/mol. The first-order valence-corrected chi connectivity index (χ1v) is 12.7. The highest BCUT2D eigenvalue weighted by Gasteiger charge is 2.48. The second-order valence-corrected chi connectivity index (χ2v) is 10.3. The number of aryl methyl sites for hydroxylation is 1. The van der Waals surface area contributed by atoms with Crippen molar-refractivity contribution < 1.29 is 19.1 Å². The molecule has 0 amide bonds. The summed E-state index contributed by atoms with van der Waals surface area (Å²) in [6.07, 6.45) is 10.7. The summed E-state index contributed by atoms with van der Waals surface area (Å²) >= 11 is 0. The Morgan fingerprint density at radius 3 is 2.55 bits per heavy atom. The molecular formula is C28H39N2O3+. The van der Waals surface area contributed by atoms with E-state index >= 15 is 0 Å². The Balaban J connectivity index is 1.41. The summed E-state index contributed by atoms with van der Waals surface area (Å²) in [5.41, 5.74) is 0.247. The molecule has 2 fully saturated rings. The number of aliphatic hydroxyl groups is 1. The Labute approximate surface area is 198 Å². The van der Waals surface area contributed by atoms with Crippen LogP contribution in [0.5, 0.6) is 0 Å². The predicted molar refractivity (Wildman–Crippen MR) is 129 cm³/mol. The van der Waals surface area contributed by atoms with Crippen molar-refractivity contribution in [2.75, 3.05) is 26.7 Å². The van der Waals surface area contributed by atoms with Crippen LogP contribution in [0.2, 0.25) is 0 Å². The topological polar surface area (TPSA) is 59.4 Å². The minimum absolute atomic E-state index is 0.0796. The number of nitrogens with zero attached hydrogens (tertiary/aromatic N) is 2. The van der Waals surface area contributed by atoms with E-state index in [0.29, 0.717) is 5.56 Å². The predicted octanol–water partition coefficient (Wildman–Crippen LogP) is 4.63. The highest BCUT2D eigenvalue weighted by Crippen LogP contribution is 2.41. The lowest BCUT2D eigenvalue weighted by atomic mass is 9.73. The molecule has 2 aromatic rings. The Bertz CT molecular complexity index is 885. The number of likely N-dealkylation sites (N-methyl/N-ethyl adjacent to an activating group) is 1. The second-order valence-electron chi connectivity index (χ2n) is 10.3. The van der Waals surface area contributed by atoms with Crippen LogP contribution in [0, 0.1) is 5.92 Å². The zero-order chi connectivity index (χ0) is 23.2. The van der Waals surface area contributed by atoms with Crippen molar-refractivity contribution in [2.45, 2.75) is 69.5 Å². The fourth-order valence-corrected chi connectivity index (χ4v) is 5.84. The van der Waals surface area contributed by atoms with E-state index in [1.54, 1.807) is 0 Å². The average molecular weight is 452 g/mol. The Kier molecular flexibility index (Phi) is 7.82. The van der Waals surface area contributed by atoms with Crippen molar-refractivity contribution in [3.05, 3.63) is 66.0 Å². The van der Waals surface area contributed by atoms with Crippen molar-refractivity contribution in [3.8, 4) is 0 Å². The third kappa shape index (κ3) is 5.82. The van der Waals surface area contributed by atoms with Crippen LogP contribution in [0.4, 0.5) is 0 Å². The van der Waals surface area contributed by atoms with Gasteiger partial charge < -0.3 is 14.3 Å². The lowest BCUT2D eigenvalue weighted by molar-refractivity contribution is -0.917.